The van der Waals surface area contributed by atoms with Crippen molar-refractivity contribution in [3.8, 4) is 5.75 Å². The minimum absolute atomic E-state index is 0.243. The summed E-state index contributed by atoms with van der Waals surface area (Å²) in [7, 11) is 0. The van der Waals surface area contributed by atoms with Gasteiger partial charge in [-0.15, -0.1) is 0 Å². The number of aliphatic hydroxyl groups excluding tert-OH is 1. The second kappa shape index (κ2) is 8.37. The summed E-state index contributed by atoms with van der Waals surface area (Å²) in [4.78, 5) is 27.0. The number of Topliss-reactive ketones (excluding diaryl/α,β-unsaturated/α-hetero) is 1. The molecule has 0 bridgehead atoms. The van der Waals surface area contributed by atoms with E-state index in [9.17, 15) is 27.9 Å². The highest BCUT2D eigenvalue weighted by Crippen LogP contribution is 2.43. The van der Waals surface area contributed by atoms with E-state index in [4.69, 9.17) is 4.74 Å². The lowest BCUT2D eigenvalue weighted by Gasteiger charge is -2.26. The first-order chi connectivity index (χ1) is 16.3. The number of hydrogen-bond donors (Lipinski definition) is 1. The molecule has 1 atom stereocenters. The normalized spacial score (nSPS) is 19.1. The van der Waals surface area contributed by atoms with Crippen LogP contribution in [-0.2, 0) is 16.0 Å². The average Bonchev–Trinajstić information content (AvgIpc) is 3.10. The fourth-order valence-electron chi connectivity index (χ4n) is 4.38. The summed E-state index contributed by atoms with van der Waals surface area (Å²) in [5.74, 6) is -4.31. The largest absolute Gasteiger partial charge is 0.507 e. The van der Waals surface area contributed by atoms with E-state index in [2.05, 4.69) is 0 Å². The Hall–Kier alpha value is -4.07. The monoisotopic (exact) mass is 465 g/mol. The van der Waals surface area contributed by atoms with Gasteiger partial charge < -0.3 is 9.84 Å². The molecule has 3 aromatic carbocycles. The fourth-order valence-corrected chi connectivity index (χ4v) is 4.38. The predicted octanol–water partition coefficient (Wildman–Crippen LogP) is 5.06. The van der Waals surface area contributed by atoms with Crippen LogP contribution in [0.15, 0.2) is 66.2 Å². The number of aliphatic hydroxyl groups is 1. The highest BCUT2D eigenvalue weighted by atomic mass is 19.1. The minimum Gasteiger partial charge on any atom is -0.507 e. The Kier molecular flexibility index (Phi) is 5.36. The molecule has 2 aliphatic rings. The molecular weight excluding hydrogens is 447 g/mol. The van der Waals surface area contributed by atoms with Crippen LogP contribution in [0.5, 0.6) is 5.75 Å². The number of anilines is 1. The highest BCUT2D eigenvalue weighted by molar-refractivity contribution is 6.51. The zero-order valence-corrected chi connectivity index (χ0v) is 17.7. The molecule has 3 aromatic rings. The number of hydrogen-bond acceptors (Lipinski definition) is 4. The first kappa shape index (κ1) is 21.8. The van der Waals surface area contributed by atoms with Crippen LogP contribution >= 0.6 is 0 Å². The summed E-state index contributed by atoms with van der Waals surface area (Å²) >= 11 is 0. The number of aryl methyl sites for hydroxylation is 1. The van der Waals surface area contributed by atoms with Crippen LogP contribution in [0.1, 0.15) is 29.2 Å². The van der Waals surface area contributed by atoms with E-state index in [1.54, 1.807) is 18.2 Å². The molecule has 2 heterocycles. The van der Waals surface area contributed by atoms with Gasteiger partial charge in [0.05, 0.1) is 23.9 Å². The third-order valence-electron chi connectivity index (χ3n) is 5.98. The molecule has 0 aliphatic carbocycles. The van der Waals surface area contributed by atoms with Gasteiger partial charge in [-0.3, -0.25) is 14.5 Å². The van der Waals surface area contributed by atoms with Crippen LogP contribution < -0.4 is 9.64 Å². The molecule has 2 aliphatic heterocycles. The van der Waals surface area contributed by atoms with Crippen molar-refractivity contribution in [3.63, 3.8) is 0 Å². The second-order valence-corrected chi connectivity index (χ2v) is 8.09. The van der Waals surface area contributed by atoms with E-state index in [0.717, 1.165) is 47.2 Å². The number of nitrogens with zero attached hydrogens (tertiary/aromatic N) is 1. The molecule has 34 heavy (non-hydrogen) atoms. The first-order valence-electron chi connectivity index (χ1n) is 10.6. The number of amides is 1. The van der Waals surface area contributed by atoms with Crippen molar-refractivity contribution < 1.29 is 32.6 Å². The fraction of sp³-hybridized carbons (Fsp3) is 0.154. The zero-order chi connectivity index (χ0) is 24.0. The van der Waals surface area contributed by atoms with Gasteiger partial charge in [-0.05, 0) is 66.4 Å². The van der Waals surface area contributed by atoms with Crippen LogP contribution in [0.4, 0.5) is 18.9 Å². The summed E-state index contributed by atoms with van der Waals surface area (Å²) in [6.45, 7) is 0.577. The Morgan fingerprint density at radius 3 is 2.44 bits per heavy atom. The molecule has 172 valence electrons. The molecule has 1 fully saturated rings. The number of halogens is 3. The highest BCUT2D eigenvalue weighted by Gasteiger charge is 2.47. The Morgan fingerprint density at radius 2 is 1.68 bits per heavy atom. The summed E-state index contributed by atoms with van der Waals surface area (Å²) < 4.78 is 47.9. The third-order valence-corrected chi connectivity index (χ3v) is 5.98. The van der Waals surface area contributed by atoms with E-state index < -0.39 is 46.6 Å². The van der Waals surface area contributed by atoms with Crippen molar-refractivity contribution in [2.24, 2.45) is 0 Å². The molecular formula is C26H18F3NO4. The molecule has 0 radical (unpaired) electrons. The van der Waals surface area contributed by atoms with Gasteiger partial charge in [-0.1, -0.05) is 12.1 Å². The first-order valence-corrected chi connectivity index (χ1v) is 10.6. The smallest absolute Gasteiger partial charge is 0.300 e. The summed E-state index contributed by atoms with van der Waals surface area (Å²) in [5, 5.41) is 11.2. The molecule has 1 N–H and O–H groups in total. The Balaban J connectivity index is 1.72. The molecule has 1 saturated heterocycles. The van der Waals surface area contributed by atoms with Crippen LogP contribution in [0.3, 0.4) is 0 Å². The maximum absolute atomic E-state index is 14.7. The van der Waals surface area contributed by atoms with Gasteiger partial charge in [0.1, 0.15) is 29.0 Å². The van der Waals surface area contributed by atoms with Gasteiger partial charge in [0.25, 0.3) is 11.7 Å². The third kappa shape index (κ3) is 3.61. The quantitative estimate of drug-likeness (QED) is 0.334. The van der Waals surface area contributed by atoms with Crippen molar-refractivity contribution in [1.82, 2.24) is 0 Å². The lowest BCUT2D eigenvalue weighted by molar-refractivity contribution is -0.132. The van der Waals surface area contributed by atoms with Crippen LogP contribution in [0.2, 0.25) is 0 Å². The standard InChI is InChI=1S/C26H18F3NO4/c27-17-6-3-14(4-7-17)23-22(24(31)16-5-10-21-15(12-16)2-1-11-34-21)25(32)26(33)30(23)20-13-18(28)8-9-19(20)29/h3-10,12-13,23,31H,1-2,11H2/b24-22-. The Morgan fingerprint density at radius 1 is 0.941 bits per heavy atom. The van der Waals surface area contributed by atoms with Crippen LogP contribution in [0.25, 0.3) is 5.76 Å². The second-order valence-electron chi connectivity index (χ2n) is 8.09. The Bertz CT molecular complexity index is 1350. The molecule has 0 aromatic heterocycles. The van der Waals surface area contributed by atoms with Gasteiger partial charge in [-0.25, -0.2) is 13.2 Å². The van der Waals surface area contributed by atoms with Crippen molar-refractivity contribution in [3.05, 3.63) is 100 Å². The lowest BCUT2D eigenvalue weighted by atomic mass is 9.94. The topological polar surface area (TPSA) is 66.8 Å². The summed E-state index contributed by atoms with van der Waals surface area (Å²) in [6.07, 6.45) is 1.50. The van der Waals surface area contributed by atoms with Crippen molar-refractivity contribution in [2.45, 2.75) is 18.9 Å². The van der Waals surface area contributed by atoms with Gasteiger partial charge in [0.15, 0.2) is 0 Å². The van der Waals surface area contributed by atoms with E-state index in [1.165, 1.54) is 12.1 Å². The molecule has 1 amide bonds. The molecule has 1 unspecified atom stereocenters. The minimum atomic E-state index is -1.30. The van der Waals surface area contributed by atoms with E-state index in [1.807, 2.05) is 0 Å². The molecule has 8 heteroatoms. The number of ether oxygens (including phenoxy) is 1. The Labute approximate surface area is 192 Å². The number of ketones is 1. The van der Waals surface area contributed by atoms with Gasteiger partial charge >= 0.3 is 0 Å². The van der Waals surface area contributed by atoms with E-state index in [0.29, 0.717) is 18.8 Å². The zero-order valence-electron chi connectivity index (χ0n) is 17.7. The number of carbonyl (C=O) groups excluding carboxylic acids is 2. The number of benzene rings is 3. The molecule has 5 rings (SSSR count). The summed E-state index contributed by atoms with van der Waals surface area (Å²) in [5.41, 5.74) is 0.575. The predicted molar refractivity (Wildman–Crippen MR) is 118 cm³/mol. The van der Waals surface area contributed by atoms with E-state index in [-0.39, 0.29) is 16.7 Å². The number of fused-ring (bicyclic) bond motifs is 1. The summed E-state index contributed by atoms with van der Waals surface area (Å²) in [6, 6.07) is 11.0. The average molecular weight is 465 g/mol. The number of carbonyl (C=O) groups is 2. The van der Waals surface area contributed by atoms with Crippen molar-refractivity contribution in [1.29, 1.82) is 0 Å². The van der Waals surface area contributed by atoms with Gasteiger partial charge in [0, 0.05) is 11.6 Å². The van der Waals surface area contributed by atoms with Crippen LogP contribution in [0, 0.1) is 17.5 Å². The van der Waals surface area contributed by atoms with Gasteiger partial charge in [-0.2, -0.15) is 0 Å². The lowest BCUT2D eigenvalue weighted by Crippen LogP contribution is -2.30. The molecule has 0 saturated carbocycles. The van der Waals surface area contributed by atoms with Crippen molar-refractivity contribution >= 4 is 23.1 Å². The van der Waals surface area contributed by atoms with Crippen molar-refractivity contribution in [2.75, 3.05) is 11.5 Å². The molecule has 0 spiro atoms. The van der Waals surface area contributed by atoms with Crippen LogP contribution in [-0.4, -0.2) is 23.4 Å². The SMILES string of the molecule is O=C1C(=O)N(c2cc(F)ccc2F)C(c2ccc(F)cc2)/C1=C(/O)c1ccc2c(c1)CCCO2. The maximum atomic E-state index is 14.7. The number of rotatable bonds is 3. The van der Waals surface area contributed by atoms with Gasteiger partial charge in [0.2, 0.25) is 0 Å². The maximum Gasteiger partial charge on any atom is 0.300 e. The van der Waals surface area contributed by atoms with E-state index >= 15 is 0 Å². The molecule has 5 nitrogen and oxygen atoms in total.